The molecule has 2 unspecified atom stereocenters. The van der Waals surface area contributed by atoms with E-state index in [9.17, 15) is 8.42 Å². The first-order valence-corrected chi connectivity index (χ1v) is 10.2. The van der Waals surface area contributed by atoms with Gasteiger partial charge in [0.25, 0.3) is 10.0 Å². The van der Waals surface area contributed by atoms with Gasteiger partial charge < -0.3 is 9.88 Å². The predicted octanol–water partition coefficient (Wildman–Crippen LogP) is 1.25. The number of hydrogen-bond donors (Lipinski definition) is 1. The van der Waals surface area contributed by atoms with Crippen LogP contribution >= 0.6 is 0 Å². The number of aromatic amines is 1. The van der Waals surface area contributed by atoms with Crippen LogP contribution in [-0.2, 0) is 15.4 Å². The van der Waals surface area contributed by atoms with E-state index in [0.29, 0.717) is 24.9 Å². The minimum Gasteiger partial charge on any atom is -0.356 e. The third-order valence-electron chi connectivity index (χ3n) is 5.29. The van der Waals surface area contributed by atoms with Gasteiger partial charge in [-0.05, 0) is 11.8 Å². The van der Waals surface area contributed by atoms with Crippen LogP contribution in [0.1, 0.15) is 26.5 Å². The van der Waals surface area contributed by atoms with Gasteiger partial charge in [-0.25, -0.2) is 23.4 Å². The summed E-state index contributed by atoms with van der Waals surface area (Å²) in [6.07, 6.45) is 4.39. The molecule has 1 N–H and O–H groups in total. The molecule has 2 saturated heterocycles. The van der Waals surface area contributed by atoms with Crippen molar-refractivity contribution in [2.24, 2.45) is 11.8 Å². The molecule has 4 heterocycles. The molecule has 140 valence electrons. The molecule has 0 saturated carbocycles. The van der Waals surface area contributed by atoms with Gasteiger partial charge in [0.1, 0.15) is 12.1 Å². The highest BCUT2D eigenvalue weighted by molar-refractivity contribution is 7.89. The van der Waals surface area contributed by atoms with Crippen molar-refractivity contribution in [2.75, 3.05) is 31.1 Å². The van der Waals surface area contributed by atoms with E-state index in [-0.39, 0.29) is 10.4 Å². The van der Waals surface area contributed by atoms with E-state index >= 15 is 0 Å². The first-order chi connectivity index (χ1) is 12.2. The number of nitrogens with zero attached hydrogens (tertiary/aromatic N) is 5. The third-order valence-corrected chi connectivity index (χ3v) is 7.05. The highest BCUT2D eigenvalue weighted by atomic mass is 32.2. The fourth-order valence-electron chi connectivity index (χ4n) is 3.79. The average Bonchev–Trinajstić information content (AvgIpc) is 3.30. The molecule has 2 aromatic heterocycles. The van der Waals surface area contributed by atoms with Gasteiger partial charge in [-0.1, -0.05) is 20.8 Å². The SMILES string of the molecule is CC(C)(C)c1cc(N2CC3CN(S(=O)(=O)c4cnc[nH]4)CC3C2)ncn1. The van der Waals surface area contributed by atoms with Gasteiger partial charge >= 0.3 is 0 Å². The number of hydrogen-bond acceptors (Lipinski definition) is 6. The van der Waals surface area contributed by atoms with Crippen molar-refractivity contribution in [1.29, 1.82) is 0 Å². The lowest BCUT2D eigenvalue weighted by Crippen LogP contribution is -2.33. The van der Waals surface area contributed by atoms with E-state index in [1.807, 2.05) is 0 Å². The summed E-state index contributed by atoms with van der Waals surface area (Å²) in [6, 6.07) is 2.06. The molecule has 2 fully saturated rings. The summed E-state index contributed by atoms with van der Waals surface area (Å²) < 4.78 is 26.9. The van der Waals surface area contributed by atoms with Gasteiger partial charge in [0.05, 0.1) is 18.2 Å². The second-order valence-electron chi connectivity index (χ2n) is 8.17. The molecule has 0 aromatic carbocycles. The van der Waals surface area contributed by atoms with E-state index in [2.05, 4.69) is 51.7 Å². The number of sulfonamides is 1. The van der Waals surface area contributed by atoms with Gasteiger partial charge in [0, 0.05) is 37.7 Å². The molecule has 4 rings (SSSR count). The summed E-state index contributed by atoms with van der Waals surface area (Å²) >= 11 is 0. The Morgan fingerprint density at radius 3 is 2.38 bits per heavy atom. The maximum Gasteiger partial charge on any atom is 0.260 e. The zero-order valence-electron chi connectivity index (χ0n) is 15.3. The summed E-state index contributed by atoms with van der Waals surface area (Å²) in [5.41, 5.74) is 0.991. The smallest absolute Gasteiger partial charge is 0.260 e. The molecule has 0 radical (unpaired) electrons. The van der Waals surface area contributed by atoms with E-state index < -0.39 is 10.0 Å². The van der Waals surface area contributed by atoms with Crippen LogP contribution in [0.4, 0.5) is 5.82 Å². The lowest BCUT2D eigenvalue weighted by atomic mass is 9.92. The number of nitrogens with one attached hydrogen (secondary N) is 1. The summed E-state index contributed by atoms with van der Waals surface area (Å²) in [4.78, 5) is 17.6. The number of H-pyrrole nitrogens is 1. The number of fused-ring (bicyclic) bond motifs is 1. The van der Waals surface area contributed by atoms with Crippen LogP contribution in [0, 0.1) is 11.8 Å². The van der Waals surface area contributed by atoms with Gasteiger partial charge in [-0.2, -0.15) is 4.31 Å². The molecule has 8 nitrogen and oxygen atoms in total. The Morgan fingerprint density at radius 2 is 1.81 bits per heavy atom. The minimum absolute atomic E-state index is 0.0256. The highest BCUT2D eigenvalue weighted by Gasteiger charge is 2.45. The van der Waals surface area contributed by atoms with Gasteiger partial charge in [0.2, 0.25) is 0 Å². The van der Waals surface area contributed by atoms with Crippen LogP contribution in [0.5, 0.6) is 0 Å². The molecule has 0 aliphatic carbocycles. The fourth-order valence-corrected chi connectivity index (χ4v) is 5.24. The third kappa shape index (κ3) is 2.99. The molecule has 2 aromatic rings. The van der Waals surface area contributed by atoms with Gasteiger partial charge in [-0.3, -0.25) is 0 Å². The monoisotopic (exact) mass is 376 g/mol. The zero-order valence-corrected chi connectivity index (χ0v) is 16.1. The number of anilines is 1. The number of rotatable bonds is 3. The summed E-state index contributed by atoms with van der Waals surface area (Å²) in [7, 11) is -3.47. The molecule has 9 heteroatoms. The van der Waals surface area contributed by atoms with Crippen LogP contribution in [0.25, 0.3) is 0 Å². The van der Waals surface area contributed by atoms with Crippen LogP contribution < -0.4 is 4.90 Å². The van der Waals surface area contributed by atoms with Crippen molar-refractivity contribution in [3.63, 3.8) is 0 Å². The Hall–Kier alpha value is -2.00. The first-order valence-electron chi connectivity index (χ1n) is 8.81. The molecule has 0 amide bonds. The lowest BCUT2D eigenvalue weighted by molar-refractivity contribution is 0.451. The second-order valence-corrected chi connectivity index (χ2v) is 10.1. The van der Waals surface area contributed by atoms with Gasteiger partial charge in [0.15, 0.2) is 5.03 Å². The van der Waals surface area contributed by atoms with Crippen LogP contribution in [0.2, 0.25) is 0 Å². The molecule has 0 spiro atoms. The van der Waals surface area contributed by atoms with Crippen molar-refractivity contribution in [3.05, 3.63) is 30.6 Å². The molecule has 2 atom stereocenters. The average molecular weight is 376 g/mol. The van der Waals surface area contributed by atoms with Crippen molar-refractivity contribution in [2.45, 2.75) is 31.2 Å². The molecular weight excluding hydrogens is 352 g/mol. The number of imidazole rings is 1. The van der Waals surface area contributed by atoms with Crippen molar-refractivity contribution >= 4 is 15.8 Å². The first kappa shape index (κ1) is 17.4. The summed E-state index contributed by atoms with van der Waals surface area (Å²) in [5.74, 6) is 1.57. The van der Waals surface area contributed by atoms with E-state index in [4.69, 9.17) is 0 Å². The lowest BCUT2D eigenvalue weighted by Gasteiger charge is -2.24. The largest absolute Gasteiger partial charge is 0.356 e. The maximum atomic E-state index is 12.7. The van der Waals surface area contributed by atoms with Crippen molar-refractivity contribution in [3.8, 4) is 0 Å². The summed E-state index contributed by atoms with van der Waals surface area (Å²) in [5, 5.41) is 0.167. The highest BCUT2D eigenvalue weighted by Crippen LogP contribution is 2.36. The Labute approximate surface area is 153 Å². The maximum absolute atomic E-state index is 12.7. The van der Waals surface area contributed by atoms with Crippen molar-refractivity contribution in [1.82, 2.24) is 24.2 Å². The molecule has 26 heavy (non-hydrogen) atoms. The molecular formula is C17H24N6O2S. The van der Waals surface area contributed by atoms with Crippen molar-refractivity contribution < 1.29 is 8.42 Å². The van der Waals surface area contributed by atoms with Crippen LogP contribution in [0.3, 0.4) is 0 Å². The van der Waals surface area contributed by atoms with E-state index in [1.54, 1.807) is 10.6 Å². The Kier molecular flexibility index (Phi) is 4.03. The second kappa shape index (κ2) is 6.02. The van der Waals surface area contributed by atoms with Gasteiger partial charge in [-0.15, -0.1) is 0 Å². The van der Waals surface area contributed by atoms with Crippen LogP contribution in [-0.4, -0.2) is 58.8 Å². The Morgan fingerprint density at radius 1 is 1.12 bits per heavy atom. The van der Waals surface area contributed by atoms with E-state index in [0.717, 1.165) is 24.6 Å². The minimum atomic E-state index is -3.47. The predicted molar refractivity (Wildman–Crippen MR) is 97.3 cm³/mol. The Bertz CT molecular complexity index is 876. The molecule has 2 aliphatic heterocycles. The zero-order chi connectivity index (χ0) is 18.5. The normalized spacial score (nSPS) is 24.2. The Balaban J connectivity index is 1.48. The standard InChI is InChI=1S/C17H24N6O2S/c1-17(2,3)14-4-15(20-11-19-14)22-6-12-8-23(9-13(12)7-22)26(24,25)16-5-18-10-21-16/h4-5,10-13H,6-9H2,1-3H3,(H,18,21). The summed E-state index contributed by atoms with van der Waals surface area (Å²) in [6.45, 7) is 9.13. The molecule has 0 bridgehead atoms. The number of aromatic nitrogens is 4. The fraction of sp³-hybridized carbons (Fsp3) is 0.588. The molecule has 2 aliphatic rings. The van der Waals surface area contributed by atoms with E-state index in [1.165, 1.54) is 12.5 Å². The quantitative estimate of drug-likeness (QED) is 0.866. The topological polar surface area (TPSA) is 95.1 Å². The van der Waals surface area contributed by atoms with Crippen LogP contribution in [0.15, 0.2) is 29.9 Å².